The number of carbonyl (C=O) groups is 1. The van der Waals surface area contributed by atoms with Crippen LogP contribution in [0.3, 0.4) is 0 Å². The van der Waals surface area contributed by atoms with Gasteiger partial charge >= 0.3 is 0 Å². The second-order valence-electron chi connectivity index (χ2n) is 5.03. The fourth-order valence-electron chi connectivity index (χ4n) is 1.95. The molecule has 22 heavy (non-hydrogen) atoms. The molecule has 0 aliphatic heterocycles. The van der Waals surface area contributed by atoms with Crippen molar-refractivity contribution < 1.29 is 17.7 Å². The lowest BCUT2D eigenvalue weighted by Gasteiger charge is -2.06. The van der Waals surface area contributed by atoms with Crippen LogP contribution in [0.4, 0.5) is 5.69 Å². The number of nitrogens with one attached hydrogen (secondary N) is 1. The SMILES string of the molecule is NS(=O)(=O)c1cc(NC(=O)c2cc(C3CC3)on2)ccc1Cl. The maximum absolute atomic E-state index is 12.1. The minimum absolute atomic E-state index is 0.0158. The lowest BCUT2D eigenvalue weighted by Crippen LogP contribution is -2.15. The van der Waals surface area contributed by atoms with Crippen molar-refractivity contribution in [3.05, 3.63) is 40.7 Å². The van der Waals surface area contributed by atoms with E-state index in [1.165, 1.54) is 18.2 Å². The first-order valence-corrected chi connectivity index (χ1v) is 8.37. The Balaban J connectivity index is 1.81. The minimum Gasteiger partial charge on any atom is -0.360 e. The van der Waals surface area contributed by atoms with Crippen molar-refractivity contribution in [1.29, 1.82) is 0 Å². The minimum atomic E-state index is -3.97. The molecule has 0 unspecified atom stereocenters. The molecular formula is C13H12ClN3O4S. The molecule has 0 bridgehead atoms. The summed E-state index contributed by atoms with van der Waals surface area (Å²) in [5, 5.41) is 11.3. The van der Waals surface area contributed by atoms with E-state index in [0.29, 0.717) is 11.7 Å². The van der Waals surface area contributed by atoms with E-state index in [2.05, 4.69) is 10.5 Å². The molecule has 2 aromatic rings. The third-order valence-corrected chi connectivity index (χ3v) is 4.63. The molecule has 1 aromatic heterocycles. The van der Waals surface area contributed by atoms with Crippen LogP contribution in [0.25, 0.3) is 0 Å². The molecule has 1 aromatic carbocycles. The van der Waals surface area contributed by atoms with E-state index in [4.69, 9.17) is 21.3 Å². The third kappa shape index (κ3) is 3.13. The zero-order valence-corrected chi connectivity index (χ0v) is 12.8. The number of carbonyl (C=O) groups excluding carboxylic acids is 1. The zero-order valence-electron chi connectivity index (χ0n) is 11.2. The van der Waals surface area contributed by atoms with Gasteiger partial charge in [0, 0.05) is 17.7 Å². The number of sulfonamides is 1. The number of rotatable bonds is 4. The quantitative estimate of drug-likeness (QED) is 0.883. The Kier molecular flexibility index (Phi) is 3.67. The summed E-state index contributed by atoms with van der Waals surface area (Å²) in [4.78, 5) is 11.8. The second-order valence-corrected chi connectivity index (χ2v) is 6.97. The molecule has 1 aliphatic carbocycles. The number of primary sulfonamides is 1. The van der Waals surface area contributed by atoms with Crippen molar-refractivity contribution in [2.75, 3.05) is 5.32 Å². The topological polar surface area (TPSA) is 115 Å². The van der Waals surface area contributed by atoms with Gasteiger partial charge in [-0.1, -0.05) is 16.8 Å². The van der Waals surface area contributed by atoms with Crippen molar-refractivity contribution in [3.63, 3.8) is 0 Å². The van der Waals surface area contributed by atoms with Crippen LogP contribution < -0.4 is 10.5 Å². The first-order valence-electron chi connectivity index (χ1n) is 6.45. The van der Waals surface area contributed by atoms with Gasteiger partial charge in [0.1, 0.15) is 10.7 Å². The number of halogens is 1. The Morgan fingerprint density at radius 2 is 2.09 bits per heavy atom. The van der Waals surface area contributed by atoms with E-state index >= 15 is 0 Å². The molecule has 0 saturated heterocycles. The van der Waals surface area contributed by atoms with Crippen LogP contribution in [0, 0.1) is 0 Å². The van der Waals surface area contributed by atoms with Crippen molar-refractivity contribution in [2.24, 2.45) is 5.14 Å². The monoisotopic (exact) mass is 341 g/mol. The average molecular weight is 342 g/mol. The predicted molar refractivity (Wildman–Crippen MR) is 79.3 cm³/mol. The van der Waals surface area contributed by atoms with Gasteiger partial charge in [-0.25, -0.2) is 13.6 Å². The molecule has 9 heteroatoms. The zero-order chi connectivity index (χ0) is 15.9. The fraction of sp³-hybridized carbons (Fsp3) is 0.231. The maximum atomic E-state index is 12.1. The Morgan fingerprint density at radius 3 is 2.73 bits per heavy atom. The number of nitrogens with zero attached hydrogens (tertiary/aromatic N) is 1. The Morgan fingerprint density at radius 1 is 1.36 bits per heavy atom. The van der Waals surface area contributed by atoms with Gasteiger partial charge in [-0.3, -0.25) is 4.79 Å². The summed E-state index contributed by atoms with van der Waals surface area (Å²) in [6, 6.07) is 5.59. The van der Waals surface area contributed by atoms with Crippen molar-refractivity contribution in [2.45, 2.75) is 23.7 Å². The van der Waals surface area contributed by atoms with E-state index in [-0.39, 0.29) is 21.3 Å². The fourth-order valence-corrected chi connectivity index (χ4v) is 3.02. The first-order chi connectivity index (χ1) is 10.3. The maximum Gasteiger partial charge on any atom is 0.277 e. The Hall–Kier alpha value is -1.90. The highest BCUT2D eigenvalue weighted by molar-refractivity contribution is 7.89. The molecule has 7 nitrogen and oxygen atoms in total. The normalized spacial score (nSPS) is 14.8. The molecule has 1 saturated carbocycles. The van der Waals surface area contributed by atoms with Crippen LogP contribution in [-0.4, -0.2) is 19.5 Å². The Bertz CT molecular complexity index is 843. The molecule has 0 atom stereocenters. The summed E-state index contributed by atoms with van der Waals surface area (Å²) in [5.41, 5.74) is 0.378. The van der Waals surface area contributed by atoms with Gasteiger partial charge in [0.05, 0.1) is 5.02 Å². The summed E-state index contributed by atoms with van der Waals surface area (Å²) >= 11 is 5.78. The number of hydrogen-bond donors (Lipinski definition) is 2. The molecular weight excluding hydrogens is 330 g/mol. The van der Waals surface area contributed by atoms with Crippen molar-refractivity contribution >= 4 is 33.2 Å². The second kappa shape index (κ2) is 5.38. The molecule has 0 spiro atoms. The Labute approximate surface area is 131 Å². The van der Waals surface area contributed by atoms with Crippen LogP contribution in [0.2, 0.25) is 5.02 Å². The molecule has 1 aliphatic rings. The molecule has 3 rings (SSSR count). The highest BCUT2D eigenvalue weighted by Gasteiger charge is 2.29. The van der Waals surface area contributed by atoms with Gasteiger partial charge in [-0.05, 0) is 31.0 Å². The smallest absolute Gasteiger partial charge is 0.277 e. The van der Waals surface area contributed by atoms with Crippen molar-refractivity contribution in [3.8, 4) is 0 Å². The number of benzene rings is 1. The lowest BCUT2D eigenvalue weighted by atomic mass is 10.2. The van der Waals surface area contributed by atoms with Crippen LogP contribution in [0.1, 0.15) is 35.0 Å². The van der Waals surface area contributed by atoms with E-state index in [9.17, 15) is 13.2 Å². The summed E-state index contributed by atoms with van der Waals surface area (Å²) < 4.78 is 27.9. The van der Waals surface area contributed by atoms with Crippen LogP contribution >= 0.6 is 11.6 Å². The molecule has 1 fully saturated rings. The summed E-state index contributed by atoms with van der Waals surface area (Å²) in [7, 11) is -3.97. The van der Waals surface area contributed by atoms with Gasteiger partial charge < -0.3 is 9.84 Å². The highest BCUT2D eigenvalue weighted by Crippen LogP contribution is 2.40. The average Bonchev–Trinajstić information content (AvgIpc) is 3.17. The van der Waals surface area contributed by atoms with Gasteiger partial charge in [0.2, 0.25) is 10.0 Å². The molecule has 116 valence electrons. The number of hydrogen-bond acceptors (Lipinski definition) is 5. The van der Waals surface area contributed by atoms with E-state index in [1.54, 1.807) is 6.07 Å². The van der Waals surface area contributed by atoms with E-state index in [0.717, 1.165) is 12.8 Å². The number of nitrogens with two attached hydrogens (primary N) is 1. The van der Waals surface area contributed by atoms with Crippen LogP contribution in [0.5, 0.6) is 0 Å². The number of amides is 1. The van der Waals surface area contributed by atoms with Gasteiger partial charge in [-0.2, -0.15) is 0 Å². The largest absolute Gasteiger partial charge is 0.360 e. The molecule has 0 radical (unpaired) electrons. The summed E-state index contributed by atoms with van der Waals surface area (Å²) in [6.45, 7) is 0. The predicted octanol–water partition coefficient (Wildman–Crippen LogP) is 2.11. The van der Waals surface area contributed by atoms with Crippen LogP contribution in [-0.2, 0) is 10.0 Å². The van der Waals surface area contributed by atoms with Crippen molar-refractivity contribution in [1.82, 2.24) is 5.16 Å². The third-order valence-electron chi connectivity index (χ3n) is 3.24. The lowest BCUT2D eigenvalue weighted by molar-refractivity contribution is 0.101. The molecule has 3 N–H and O–H groups in total. The van der Waals surface area contributed by atoms with E-state index < -0.39 is 15.9 Å². The summed E-state index contributed by atoms with van der Waals surface area (Å²) in [6.07, 6.45) is 2.07. The summed E-state index contributed by atoms with van der Waals surface area (Å²) in [5.74, 6) is 0.531. The number of anilines is 1. The number of aromatic nitrogens is 1. The highest BCUT2D eigenvalue weighted by atomic mass is 35.5. The van der Waals surface area contributed by atoms with Crippen LogP contribution in [0.15, 0.2) is 33.7 Å². The standard InChI is InChI=1S/C13H12ClN3O4S/c14-9-4-3-8(5-12(9)22(15,19)20)16-13(18)10-6-11(21-17-10)7-1-2-7/h3-7H,1-2H2,(H,16,18)(H2,15,19,20). The molecule has 1 heterocycles. The van der Waals surface area contributed by atoms with Gasteiger partial charge in [0.25, 0.3) is 5.91 Å². The molecule has 1 amide bonds. The van der Waals surface area contributed by atoms with Gasteiger partial charge in [-0.15, -0.1) is 0 Å². The first kappa shape index (κ1) is 15.0. The van der Waals surface area contributed by atoms with E-state index in [1.807, 2.05) is 0 Å². The van der Waals surface area contributed by atoms with Gasteiger partial charge in [0.15, 0.2) is 5.69 Å².